The van der Waals surface area contributed by atoms with Gasteiger partial charge in [-0.1, -0.05) is 13.8 Å². The lowest BCUT2D eigenvalue weighted by atomic mass is 10.0. The first-order valence-electron chi connectivity index (χ1n) is 10.9. The first-order chi connectivity index (χ1) is 15.5. The summed E-state index contributed by atoms with van der Waals surface area (Å²) >= 11 is 1.49. The number of anilines is 2. The number of ether oxygens (including phenoxy) is 2. The Morgan fingerprint density at radius 2 is 2.03 bits per heavy atom. The van der Waals surface area contributed by atoms with E-state index in [1.54, 1.807) is 13.4 Å². The Labute approximate surface area is 199 Å². The largest absolute Gasteiger partial charge is 0.494 e. The molecule has 33 heavy (non-hydrogen) atoms. The molecular weight excluding hydrogens is 438 g/mol. The third-order valence-corrected chi connectivity index (χ3v) is 5.47. The maximum Gasteiger partial charge on any atom is 0.408 e. The molecule has 9 heteroatoms. The lowest BCUT2D eigenvalue weighted by Gasteiger charge is -2.23. The van der Waals surface area contributed by atoms with Crippen molar-refractivity contribution in [2.75, 3.05) is 12.4 Å². The molecule has 0 saturated carbocycles. The number of rotatable bonds is 8. The number of alkyl carbamates (subject to hydrolysis) is 1. The van der Waals surface area contributed by atoms with Crippen LogP contribution in [0, 0.1) is 12.8 Å². The van der Waals surface area contributed by atoms with Gasteiger partial charge < -0.3 is 24.7 Å². The van der Waals surface area contributed by atoms with Gasteiger partial charge >= 0.3 is 6.09 Å². The number of thiazole rings is 1. The second-order valence-electron chi connectivity index (χ2n) is 9.34. The first-order valence-corrected chi connectivity index (χ1v) is 11.8. The number of nitrogens with one attached hydrogen (secondary N) is 2. The van der Waals surface area contributed by atoms with Crippen LogP contribution >= 0.6 is 11.3 Å². The Hall–Kier alpha value is -3.07. The summed E-state index contributed by atoms with van der Waals surface area (Å²) in [5.74, 6) is 1.10. The Morgan fingerprint density at radius 1 is 1.27 bits per heavy atom. The Morgan fingerprint density at radius 3 is 2.64 bits per heavy atom. The van der Waals surface area contributed by atoms with Crippen molar-refractivity contribution < 1.29 is 14.3 Å². The van der Waals surface area contributed by atoms with E-state index >= 15 is 0 Å². The van der Waals surface area contributed by atoms with E-state index in [0.29, 0.717) is 5.92 Å². The van der Waals surface area contributed by atoms with E-state index in [2.05, 4.69) is 29.5 Å². The summed E-state index contributed by atoms with van der Waals surface area (Å²) in [6, 6.07) is 5.64. The number of nitrogens with zero attached hydrogens (tertiary/aromatic N) is 3. The molecule has 2 aromatic heterocycles. The lowest BCUT2D eigenvalue weighted by molar-refractivity contribution is 0.0496. The molecule has 0 aliphatic heterocycles. The molecule has 0 spiro atoms. The van der Waals surface area contributed by atoms with Gasteiger partial charge in [0.05, 0.1) is 36.6 Å². The number of carbonyl (C=O) groups excluding carboxylic acids is 1. The van der Waals surface area contributed by atoms with Crippen LogP contribution in [0.2, 0.25) is 0 Å². The molecule has 0 aliphatic carbocycles. The zero-order chi connectivity index (χ0) is 24.2. The monoisotopic (exact) mass is 471 g/mol. The van der Waals surface area contributed by atoms with Gasteiger partial charge in [-0.2, -0.15) is 0 Å². The van der Waals surface area contributed by atoms with Crippen LogP contribution in [0.5, 0.6) is 5.75 Å². The average molecular weight is 472 g/mol. The van der Waals surface area contributed by atoms with Crippen LogP contribution in [0.25, 0.3) is 5.69 Å². The van der Waals surface area contributed by atoms with Crippen molar-refractivity contribution in [1.29, 1.82) is 0 Å². The van der Waals surface area contributed by atoms with Crippen LogP contribution in [0.4, 0.5) is 15.6 Å². The maximum atomic E-state index is 12.3. The predicted octanol–water partition coefficient (Wildman–Crippen LogP) is 6.00. The molecule has 1 atom stereocenters. The number of aromatic nitrogens is 3. The van der Waals surface area contributed by atoms with Gasteiger partial charge in [0, 0.05) is 23.3 Å². The van der Waals surface area contributed by atoms with Gasteiger partial charge in [0.25, 0.3) is 0 Å². The van der Waals surface area contributed by atoms with E-state index in [0.717, 1.165) is 40.1 Å². The van der Waals surface area contributed by atoms with E-state index < -0.39 is 11.7 Å². The Bertz CT molecular complexity index is 1080. The fourth-order valence-corrected chi connectivity index (χ4v) is 4.11. The summed E-state index contributed by atoms with van der Waals surface area (Å²) in [7, 11) is 1.65. The minimum absolute atomic E-state index is 0.229. The Kier molecular flexibility index (Phi) is 7.63. The number of amides is 1. The number of hydrogen-bond donors (Lipinski definition) is 2. The van der Waals surface area contributed by atoms with Crippen molar-refractivity contribution in [2.45, 2.75) is 59.6 Å². The van der Waals surface area contributed by atoms with E-state index in [1.165, 1.54) is 11.3 Å². The fourth-order valence-electron chi connectivity index (χ4n) is 3.32. The number of aryl methyl sites for hydroxylation is 1. The van der Waals surface area contributed by atoms with Crippen LogP contribution in [0.15, 0.2) is 36.1 Å². The van der Waals surface area contributed by atoms with E-state index in [4.69, 9.17) is 14.5 Å². The topological polar surface area (TPSA) is 90.3 Å². The van der Waals surface area contributed by atoms with Crippen molar-refractivity contribution in [2.24, 2.45) is 5.92 Å². The molecule has 3 aromatic rings. The molecule has 3 rings (SSSR count). The number of methoxy groups -OCH3 is 1. The molecule has 2 N–H and O–H groups in total. The van der Waals surface area contributed by atoms with Crippen molar-refractivity contribution in [1.82, 2.24) is 19.9 Å². The fraction of sp³-hybridized carbons (Fsp3) is 0.458. The summed E-state index contributed by atoms with van der Waals surface area (Å²) in [4.78, 5) is 21.4. The van der Waals surface area contributed by atoms with Gasteiger partial charge in [0.1, 0.15) is 11.4 Å². The smallest absolute Gasteiger partial charge is 0.408 e. The highest BCUT2D eigenvalue weighted by molar-refractivity contribution is 7.13. The predicted molar refractivity (Wildman–Crippen MR) is 132 cm³/mol. The van der Waals surface area contributed by atoms with Gasteiger partial charge in [0.2, 0.25) is 0 Å². The van der Waals surface area contributed by atoms with Crippen LogP contribution in [-0.2, 0) is 4.74 Å². The number of hydrogen-bond acceptors (Lipinski definition) is 7. The molecule has 1 aromatic carbocycles. The third-order valence-electron chi connectivity index (χ3n) is 4.70. The minimum Gasteiger partial charge on any atom is -0.494 e. The summed E-state index contributed by atoms with van der Waals surface area (Å²) in [6.45, 7) is 11.7. The quantitative estimate of drug-likeness (QED) is 0.419. The van der Waals surface area contributed by atoms with E-state index in [1.807, 2.05) is 62.0 Å². The molecular formula is C24H33N5O3S. The molecule has 1 amide bonds. The van der Waals surface area contributed by atoms with Crippen molar-refractivity contribution in [3.8, 4) is 11.4 Å². The third kappa shape index (κ3) is 6.95. The second kappa shape index (κ2) is 10.2. The molecule has 0 fully saturated rings. The number of imidazole rings is 1. The zero-order valence-corrected chi connectivity index (χ0v) is 21.1. The van der Waals surface area contributed by atoms with E-state index in [-0.39, 0.29) is 6.04 Å². The summed E-state index contributed by atoms with van der Waals surface area (Å²) in [5, 5.41) is 9.01. The van der Waals surface area contributed by atoms with Gasteiger partial charge in [-0.3, -0.25) is 0 Å². The molecule has 0 aliphatic rings. The van der Waals surface area contributed by atoms with Crippen molar-refractivity contribution in [3.05, 3.63) is 47.5 Å². The zero-order valence-electron chi connectivity index (χ0n) is 20.3. The number of benzene rings is 1. The van der Waals surface area contributed by atoms with Gasteiger partial charge in [-0.05, 0) is 52.2 Å². The Balaban J connectivity index is 1.76. The van der Waals surface area contributed by atoms with Gasteiger partial charge in [-0.25, -0.2) is 14.8 Å². The molecule has 0 radical (unpaired) electrons. The molecule has 178 valence electrons. The van der Waals surface area contributed by atoms with Crippen LogP contribution in [-0.4, -0.2) is 33.3 Å². The summed E-state index contributed by atoms with van der Waals surface area (Å²) in [6.07, 6.45) is 4.03. The molecule has 2 heterocycles. The van der Waals surface area contributed by atoms with E-state index in [9.17, 15) is 4.79 Å². The lowest BCUT2D eigenvalue weighted by Crippen LogP contribution is -2.35. The van der Waals surface area contributed by atoms with Crippen molar-refractivity contribution in [3.63, 3.8) is 0 Å². The minimum atomic E-state index is -0.554. The van der Waals surface area contributed by atoms with Crippen molar-refractivity contribution >= 4 is 28.2 Å². The second-order valence-corrected chi connectivity index (χ2v) is 10.2. The number of carbonyl (C=O) groups is 1. The highest BCUT2D eigenvalue weighted by atomic mass is 32.1. The molecule has 0 saturated heterocycles. The average Bonchev–Trinajstić information content (AvgIpc) is 3.34. The van der Waals surface area contributed by atoms with Crippen LogP contribution in [0.3, 0.4) is 0 Å². The molecule has 0 bridgehead atoms. The van der Waals surface area contributed by atoms with Gasteiger partial charge in [0.15, 0.2) is 5.13 Å². The van der Waals surface area contributed by atoms with Gasteiger partial charge in [-0.15, -0.1) is 11.3 Å². The molecule has 0 unspecified atom stereocenters. The maximum absolute atomic E-state index is 12.3. The highest BCUT2D eigenvalue weighted by Gasteiger charge is 2.23. The first kappa shape index (κ1) is 24.6. The van der Waals surface area contributed by atoms with Crippen LogP contribution < -0.4 is 15.4 Å². The normalized spacial score (nSPS) is 12.5. The molecule has 8 nitrogen and oxygen atoms in total. The van der Waals surface area contributed by atoms with Crippen LogP contribution in [0.1, 0.15) is 58.5 Å². The SMILES string of the molecule is COc1cc(Nc2nc([C@H](CC(C)C)NC(=O)OC(C)(C)C)cs2)ccc1-n1cnc(C)c1. The highest BCUT2D eigenvalue weighted by Crippen LogP contribution is 2.31. The summed E-state index contributed by atoms with van der Waals surface area (Å²) < 4.78 is 13.0. The standard InChI is InChI=1S/C24H33N5O3S/c1-15(2)10-18(28-23(30)32-24(4,5)6)19-13-33-22(27-19)26-17-8-9-20(21(11-17)31-7)29-12-16(3)25-14-29/h8-9,11-15,18H,10H2,1-7H3,(H,26,27)(H,28,30)/t18-/m0/s1. The summed E-state index contributed by atoms with van der Waals surface area (Å²) in [5.41, 5.74) is 2.95.